The minimum absolute atomic E-state index is 0.0632. The van der Waals surface area contributed by atoms with Crippen molar-refractivity contribution < 1.29 is 23.9 Å². The fraction of sp³-hybridized carbons (Fsp3) is 0.273. The van der Waals surface area contributed by atoms with E-state index in [-0.39, 0.29) is 12.5 Å². The molecule has 2 aromatic rings. The van der Waals surface area contributed by atoms with Crippen molar-refractivity contribution in [2.45, 2.75) is 12.8 Å². The monoisotopic (exact) mass is 424 g/mol. The number of nitrogens with one attached hydrogen (secondary N) is 2. The Morgan fingerprint density at radius 2 is 1.84 bits per heavy atom. The summed E-state index contributed by atoms with van der Waals surface area (Å²) >= 11 is 0. The molecule has 0 unspecified atom stereocenters. The number of carbonyl (C=O) groups excluding carboxylic acids is 3. The maximum absolute atomic E-state index is 12.2. The molecule has 1 heterocycles. The number of amides is 3. The van der Waals surface area contributed by atoms with Crippen molar-refractivity contribution >= 4 is 29.6 Å². The van der Waals surface area contributed by atoms with Crippen LogP contribution in [0.4, 0.5) is 5.69 Å². The number of hydrogen-bond acceptors (Lipinski definition) is 6. The Morgan fingerprint density at radius 3 is 2.61 bits per heavy atom. The van der Waals surface area contributed by atoms with Gasteiger partial charge in [-0.25, -0.2) is 5.43 Å². The van der Waals surface area contributed by atoms with E-state index in [9.17, 15) is 14.4 Å². The van der Waals surface area contributed by atoms with Gasteiger partial charge in [-0.05, 0) is 37.1 Å². The molecule has 9 heteroatoms. The van der Waals surface area contributed by atoms with Gasteiger partial charge in [-0.2, -0.15) is 5.10 Å². The number of anilines is 1. The largest absolute Gasteiger partial charge is 0.497 e. The first-order valence-electron chi connectivity index (χ1n) is 9.85. The molecule has 0 aromatic heterocycles. The third kappa shape index (κ3) is 6.30. The second-order valence-electron chi connectivity index (χ2n) is 6.80. The molecular formula is C22H24N4O5. The Morgan fingerprint density at radius 1 is 1.06 bits per heavy atom. The normalized spacial score (nSPS) is 13.1. The highest BCUT2D eigenvalue weighted by Crippen LogP contribution is 2.17. The van der Waals surface area contributed by atoms with Gasteiger partial charge in [-0.3, -0.25) is 14.4 Å². The van der Waals surface area contributed by atoms with Crippen LogP contribution in [0.25, 0.3) is 0 Å². The predicted molar refractivity (Wildman–Crippen MR) is 115 cm³/mol. The van der Waals surface area contributed by atoms with Crippen LogP contribution >= 0.6 is 0 Å². The number of para-hydroxylation sites is 1. The summed E-state index contributed by atoms with van der Waals surface area (Å²) in [4.78, 5) is 37.9. The first kappa shape index (κ1) is 21.8. The summed E-state index contributed by atoms with van der Waals surface area (Å²) in [6.07, 6.45) is 3.38. The predicted octanol–water partition coefficient (Wildman–Crippen LogP) is 1.79. The van der Waals surface area contributed by atoms with E-state index in [0.717, 1.165) is 25.9 Å². The van der Waals surface area contributed by atoms with E-state index < -0.39 is 11.8 Å². The van der Waals surface area contributed by atoms with Crippen molar-refractivity contribution in [3.05, 3.63) is 54.1 Å². The molecule has 1 fully saturated rings. The number of methoxy groups -OCH3 is 1. The maximum Gasteiger partial charge on any atom is 0.329 e. The lowest BCUT2D eigenvalue weighted by Crippen LogP contribution is -2.32. The van der Waals surface area contributed by atoms with Crippen LogP contribution in [0.1, 0.15) is 18.4 Å². The Bertz CT molecular complexity index is 970. The molecule has 2 aromatic carbocycles. The number of rotatable bonds is 7. The molecule has 0 aliphatic carbocycles. The molecule has 3 amide bonds. The van der Waals surface area contributed by atoms with Gasteiger partial charge in [0.25, 0.3) is 5.91 Å². The van der Waals surface area contributed by atoms with Gasteiger partial charge in [0.15, 0.2) is 6.61 Å². The van der Waals surface area contributed by atoms with Gasteiger partial charge >= 0.3 is 11.8 Å². The number of likely N-dealkylation sites (tertiary alicyclic amines) is 1. The maximum atomic E-state index is 12.2. The van der Waals surface area contributed by atoms with Crippen LogP contribution in [0, 0.1) is 0 Å². The second kappa shape index (κ2) is 10.8. The Balaban J connectivity index is 1.53. The fourth-order valence-corrected chi connectivity index (χ4v) is 3.02. The minimum atomic E-state index is -0.929. The summed E-state index contributed by atoms with van der Waals surface area (Å²) < 4.78 is 10.7. The zero-order chi connectivity index (χ0) is 22.1. The third-order valence-corrected chi connectivity index (χ3v) is 4.63. The molecule has 0 radical (unpaired) electrons. The minimum Gasteiger partial charge on any atom is -0.497 e. The summed E-state index contributed by atoms with van der Waals surface area (Å²) in [5, 5.41) is 6.28. The van der Waals surface area contributed by atoms with Crippen LogP contribution in [-0.2, 0) is 14.4 Å². The highest BCUT2D eigenvalue weighted by atomic mass is 16.5. The Kier molecular flexibility index (Phi) is 7.58. The van der Waals surface area contributed by atoms with Crippen LogP contribution in [-0.4, -0.2) is 55.6 Å². The highest BCUT2D eigenvalue weighted by molar-refractivity contribution is 6.39. The van der Waals surface area contributed by atoms with Gasteiger partial charge < -0.3 is 19.7 Å². The number of hydrazone groups is 1. The molecule has 1 aliphatic heterocycles. The van der Waals surface area contributed by atoms with Crippen molar-refractivity contribution in [2.75, 3.05) is 32.1 Å². The summed E-state index contributed by atoms with van der Waals surface area (Å²) in [5.74, 6) is -0.857. The topological polar surface area (TPSA) is 109 Å². The van der Waals surface area contributed by atoms with Crippen LogP contribution < -0.4 is 20.2 Å². The Labute approximate surface area is 180 Å². The first-order chi connectivity index (χ1) is 15.1. The van der Waals surface area contributed by atoms with Crippen molar-refractivity contribution in [3.63, 3.8) is 0 Å². The molecule has 31 heavy (non-hydrogen) atoms. The number of nitrogens with zero attached hydrogens (tertiary/aromatic N) is 2. The van der Waals surface area contributed by atoms with E-state index in [0.29, 0.717) is 22.7 Å². The molecule has 162 valence electrons. The number of benzene rings is 2. The van der Waals surface area contributed by atoms with Gasteiger partial charge in [0.2, 0.25) is 0 Å². The molecule has 1 saturated heterocycles. The summed E-state index contributed by atoms with van der Waals surface area (Å²) in [7, 11) is 1.51. The van der Waals surface area contributed by atoms with E-state index in [4.69, 9.17) is 9.47 Å². The van der Waals surface area contributed by atoms with Crippen molar-refractivity contribution in [1.82, 2.24) is 10.3 Å². The second-order valence-corrected chi connectivity index (χ2v) is 6.80. The molecule has 2 N–H and O–H groups in total. The van der Waals surface area contributed by atoms with E-state index in [2.05, 4.69) is 15.8 Å². The van der Waals surface area contributed by atoms with Crippen LogP contribution in [0.15, 0.2) is 53.6 Å². The fourth-order valence-electron chi connectivity index (χ4n) is 3.02. The molecule has 9 nitrogen and oxygen atoms in total. The number of carbonyl (C=O) groups is 3. The number of ether oxygens (including phenoxy) is 2. The van der Waals surface area contributed by atoms with Crippen LogP contribution in [0.5, 0.6) is 11.5 Å². The van der Waals surface area contributed by atoms with Gasteiger partial charge in [-0.15, -0.1) is 0 Å². The SMILES string of the molecule is COc1cccc(NC(=O)C(=O)N/N=C\c2ccccc2OCC(=O)N2CCCC2)c1. The third-order valence-electron chi connectivity index (χ3n) is 4.63. The zero-order valence-electron chi connectivity index (χ0n) is 17.2. The quantitative estimate of drug-likeness (QED) is 0.400. The van der Waals surface area contributed by atoms with Crippen molar-refractivity contribution in [1.29, 1.82) is 0 Å². The van der Waals surface area contributed by atoms with Gasteiger partial charge in [0.1, 0.15) is 11.5 Å². The molecule has 0 saturated carbocycles. The molecule has 0 bridgehead atoms. The summed E-state index contributed by atoms with van der Waals surface area (Å²) in [6.45, 7) is 1.45. The van der Waals surface area contributed by atoms with Crippen LogP contribution in [0.2, 0.25) is 0 Å². The smallest absolute Gasteiger partial charge is 0.329 e. The molecule has 0 atom stereocenters. The standard InChI is InChI=1S/C22H24N4O5/c1-30-18-9-6-8-17(13-18)24-21(28)22(29)25-23-14-16-7-2-3-10-19(16)31-15-20(27)26-11-4-5-12-26/h2-3,6-10,13-14H,4-5,11-12,15H2,1H3,(H,24,28)(H,25,29)/b23-14-. The number of hydrogen-bond donors (Lipinski definition) is 2. The van der Waals surface area contributed by atoms with E-state index >= 15 is 0 Å². The molecule has 0 spiro atoms. The first-order valence-corrected chi connectivity index (χ1v) is 9.85. The average molecular weight is 424 g/mol. The van der Waals surface area contributed by atoms with E-state index in [1.165, 1.54) is 13.3 Å². The van der Waals surface area contributed by atoms with E-state index in [1.54, 1.807) is 53.4 Å². The average Bonchev–Trinajstić information content (AvgIpc) is 3.33. The zero-order valence-corrected chi connectivity index (χ0v) is 17.2. The van der Waals surface area contributed by atoms with Gasteiger partial charge in [-0.1, -0.05) is 18.2 Å². The lowest BCUT2D eigenvalue weighted by atomic mass is 10.2. The summed E-state index contributed by atoms with van der Waals surface area (Å²) in [6, 6.07) is 13.6. The molecule has 1 aliphatic rings. The lowest BCUT2D eigenvalue weighted by Gasteiger charge is -2.16. The Hall–Kier alpha value is -3.88. The molecular weight excluding hydrogens is 400 g/mol. The molecule has 3 rings (SSSR count). The highest BCUT2D eigenvalue weighted by Gasteiger charge is 2.18. The van der Waals surface area contributed by atoms with E-state index in [1.807, 2.05) is 0 Å². The summed E-state index contributed by atoms with van der Waals surface area (Å²) in [5.41, 5.74) is 3.15. The van der Waals surface area contributed by atoms with Crippen molar-refractivity contribution in [3.8, 4) is 11.5 Å². The van der Waals surface area contributed by atoms with Gasteiger partial charge in [0, 0.05) is 30.4 Å². The van der Waals surface area contributed by atoms with Gasteiger partial charge in [0.05, 0.1) is 13.3 Å². The lowest BCUT2D eigenvalue weighted by molar-refractivity contribution is -0.136. The van der Waals surface area contributed by atoms with Crippen molar-refractivity contribution in [2.24, 2.45) is 5.10 Å². The van der Waals surface area contributed by atoms with Crippen LogP contribution in [0.3, 0.4) is 0 Å².